The third-order valence-corrected chi connectivity index (χ3v) is 4.78. The van der Waals surface area contributed by atoms with Gasteiger partial charge in [-0.25, -0.2) is 0 Å². The van der Waals surface area contributed by atoms with Crippen LogP contribution in [0.3, 0.4) is 0 Å². The summed E-state index contributed by atoms with van der Waals surface area (Å²) >= 11 is 0. The van der Waals surface area contributed by atoms with Gasteiger partial charge in [0, 0.05) is 19.1 Å². The number of morpholine rings is 1. The van der Waals surface area contributed by atoms with Crippen LogP contribution in [0.15, 0.2) is 0 Å². The van der Waals surface area contributed by atoms with E-state index in [1.807, 2.05) is 0 Å². The van der Waals surface area contributed by atoms with Gasteiger partial charge in [0.15, 0.2) is 0 Å². The van der Waals surface area contributed by atoms with Gasteiger partial charge in [-0.15, -0.1) is 0 Å². The Morgan fingerprint density at radius 3 is 2.82 bits per heavy atom. The number of fused-ring (bicyclic) bond motifs is 1. The second-order valence-electron chi connectivity index (χ2n) is 6.04. The SMILES string of the molecule is NC(CO)(CN1CCOC2CCCC21)C1CC1. The predicted octanol–water partition coefficient (Wildman–Crippen LogP) is 0.339. The lowest BCUT2D eigenvalue weighted by Crippen LogP contribution is -2.60. The molecule has 4 nitrogen and oxygen atoms in total. The van der Waals surface area contributed by atoms with Crippen molar-refractivity contribution in [1.82, 2.24) is 4.90 Å². The quantitative estimate of drug-likeness (QED) is 0.744. The second kappa shape index (κ2) is 4.50. The van der Waals surface area contributed by atoms with E-state index < -0.39 is 0 Å². The number of nitrogens with two attached hydrogens (primary N) is 1. The Kier molecular flexibility index (Phi) is 3.15. The zero-order chi connectivity index (χ0) is 11.9. The first-order valence-corrected chi connectivity index (χ1v) is 6.98. The number of nitrogens with zero attached hydrogens (tertiary/aromatic N) is 1. The smallest absolute Gasteiger partial charge is 0.0730 e. The van der Waals surface area contributed by atoms with Crippen molar-refractivity contribution in [1.29, 1.82) is 0 Å². The van der Waals surface area contributed by atoms with Crippen molar-refractivity contribution >= 4 is 0 Å². The standard InChI is InChI=1S/C13H24N2O2/c14-13(9-16,10-4-5-10)8-15-6-7-17-12-3-1-2-11(12)15/h10-12,16H,1-9,14H2. The van der Waals surface area contributed by atoms with Gasteiger partial charge in [-0.3, -0.25) is 4.90 Å². The fraction of sp³-hybridized carbons (Fsp3) is 1.00. The van der Waals surface area contributed by atoms with Crippen LogP contribution in [0.25, 0.3) is 0 Å². The average molecular weight is 240 g/mol. The number of aliphatic hydroxyl groups excluding tert-OH is 1. The lowest BCUT2D eigenvalue weighted by Gasteiger charge is -2.42. The highest BCUT2D eigenvalue weighted by atomic mass is 16.5. The number of hydrogen-bond donors (Lipinski definition) is 2. The van der Waals surface area contributed by atoms with E-state index in [0.29, 0.717) is 18.1 Å². The van der Waals surface area contributed by atoms with Crippen LogP contribution >= 0.6 is 0 Å². The van der Waals surface area contributed by atoms with Gasteiger partial charge >= 0.3 is 0 Å². The molecule has 0 aromatic carbocycles. The summed E-state index contributed by atoms with van der Waals surface area (Å²) in [6, 6.07) is 0.553. The lowest BCUT2D eigenvalue weighted by atomic mass is 9.93. The van der Waals surface area contributed by atoms with E-state index in [9.17, 15) is 5.11 Å². The third kappa shape index (κ3) is 2.24. The van der Waals surface area contributed by atoms with Gasteiger partial charge in [0.25, 0.3) is 0 Å². The minimum atomic E-state index is -0.371. The molecule has 2 aliphatic carbocycles. The van der Waals surface area contributed by atoms with Gasteiger partial charge < -0.3 is 15.6 Å². The molecule has 17 heavy (non-hydrogen) atoms. The van der Waals surface area contributed by atoms with Gasteiger partial charge in [-0.05, 0) is 38.0 Å². The molecule has 98 valence electrons. The molecule has 3 atom stereocenters. The molecule has 0 bridgehead atoms. The molecule has 0 amide bonds. The van der Waals surface area contributed by atoms with Crippen LogP contribution in [0.5, 0.6) is 0 Å². The van der Waals surface area contributed by atoms with Crippen LogP contribution in [-0.2, 0) is 4.74 Å². The van der Waals surface area contributed by atoms with Crippen molar-refractivity contribution in [2.45, 2.75) is 49.8 Å². The molecular formula is C13H24N2O2. The maximum Gasteiger partial charge on any atom is 0.0730 e. The van der Waals surface area contributed by atoms with Gasteiger partial charge in [0.2, 0.25) is 0 Å². The van der Waals surface area contributed by atoms with Crippen molar-refractivity contribution in [3.05, 3.63) is 0 Å². The number of hydrogen-bond acceptors (Lipinski definition) is 4. The summed E-state index contributed by atoms with van der Waals surface area (Å²) in [4.78, 5) is 2.48. The molecule has 0 aromatic rings. The Bertz CT molecular complexity index is 283. The first kappa shape index (κ1) is 11.9. The molecule has 1 heterocycles. The molecule has 3 N–H and O–H groups in total. The summed E-state index contributed by atoms with van der Waals surface area (Å²) < 4.78 is 5.81. The van der Waals surface area contributed by atoms with Crippen LogP contribution in [0, 0.1) is 5.92 Å². The molecule has 1 saturated heterocycles. The molecule has 3 rings (SSSR count). The van der Waals surface area contributed by atoms with E-state index in [1.54, 1.807) is 0 Å². The summed E-state index contributed by atoms with van der Waals surface area (Å²) in [7, 11) is 0. The van der Waals surface area contributed by atoms with Crippen molar-refractivity contribution in [2.24, 2.45) is 11.7 Å². The van der Waals surface area contributed by atoms with Gasteiger partial charge in [0.05, 0.1) is 24.9 Å². The Labute approximate surface area is 103 Å². The van der Waals surface area contributed by atoms with Crippen molar-refractivity contribution in [3.63, 3.8) is 0 Å². The van der Waals surface area contributed by atoms with Crippen molar-refractivity contribution < 1.29 is 9.84 Å². The van der Waals surface area contributed by atoms with Crippen LogP contribution in [-0.4, -0.2) is 54.0 Å². The van der Waals surface area contributed by atoms with E-state index in [2.05, 4.69) is 4.90 Å². The van der Waals surface area contributed by atoms with Crippen molar-refractivity contribution in [2.75, 3.05) is 26.3 Å². The number of ether oxygens (including phenoxy) is 1. The lowest BCUT2D eigenvalue weighted by molar-refractivity contribution is -0.0662. The Morgan fingerprint density at radius 2 is 2.12 bits per heavy atom. The zero-order valence-corrected chi connectivity index (χ0v) is 10.5. The topological polar surface area (TPSA) is 58.7 Å². The van der Waals surface area contributed by atoms with E-state index in [0.717, 1.165) is 19.7 Å². The second-order valence-corrected chi connectivity index (χ2v) is 6.04. The monoisotopic (exact) mass is 240 g/mol. The molecular weight excluding hydrogens is 216 g/mol. The fourth-order valence-electron chi connectivity index (χ4n) is 3.55. The molecule has 4 heteroatoms. The molecule has 3 aliphatic rings. The number of aliphatic hydroxyl groups is 1. The molecule has 3 fully saturated rings. The van der Waals surface area contributed by atoms with Crippen LogP contribution in [0.4, 0.5) is 0 Å². The highest BCUT2D eigenvalue weighted by molar-refractivity contribution is 5.02. The Hall–Kier alpha value is -0.160. The Balaban J connectivity index is 1.66. The first-order chi connectivity index (χ1) is 8.23. The van der Waals surface area contributed by atoms with Gasteiger partial charge in [-0.2, -0.15) is 0 Å². The van der Waals surface area contributed by atoms with Gasteiger partial charge in [-0.1, -0.05) is 0 Å². The highest BCUT2D eigenvalue weighted by Crippen LogP contribution is 2.40. The summed E-state index contributed by atoms with van der Waals surface area (Å²) in [5.41, 5.74) is 6.01. The zero-order valence-electron chi connectivity index (χ0n) is 10.5. The van der Waals surface area contributed by atoms with E-state index in [-0.39, 0.29) is 12.1 Å². The summed E-state index contributed by atoms with van der Waals surface area (Å²) in [6.45, 7) is 2.77. The molecule has 1 aliphatic heterocycles. The molecule has 2 saturated carbocycles. The summed E-state index contributed by atoms with van der Waals surface area (Å²) in [5.74, 6) is 0.537. The Morgan fingerprint density at radius 1 is 1.29 bits per heavy atom. The van der Waals surface area contributed by atoms with E-state index in [4.69, 9.17) is 10.5 Å². The molecule has 0 radical (unpaired) electrons. The normalized spacial score (nSPS) is 37.8. The summed E-state index contributed by atoms with van der Waals surface area (Å²) in [6.07, 6.45) is 6.50. The van der Waals surface area contributed by atoms with Crippen LogP contribution < -0.4 is 5.73 Å². The van der Waals surface area contributed by atoms with E-state index in [1.165, 1.54) is 32.1 Å². The minimum Gasteiger partial charge on any atom is -0.394 e. The predicted molar refractivity (Wildman–Crippen MR) is 65.7 cm³/mol. The third-order valence-electron chi connectivity index (χ3n) is 4.78. The van der Waals surface area contributed by atoms with Crippen molar-refractivity contribution in [3.8, 4) is 0 Å². The molecule has 0 aromatic heterocycles. The average Bonchev–Trinajstić information content (AvgIpc) is 3.09. The molecule has 0 spiro atoms. The highest BCUT2D eigenvalue weighted by Gasteiger charge is 2.45. The largest absolute Gasteiger partial charge is 0.394 e. The maximum absolute atomic E-state index is 9.58. The first-order valence-electron chi connectivity index (χ1n) is 6.98. The van der Waals surface area contributed by atoms with E-state index >= 15 is 0 Å². The fourth-order valence-corrected chi connectivity index (χ4v) is 3.55. The summed E-state index contributed by atoms with van der Waals surface area (Å²) in [5, 5.41) is 9.58. The maximum atomic E-state index is 9.58. The molecule has 3 unspecified atom stereocenters. The van der Waals surface area contributed by atoms with Crippen LogP contribution in [0.2, 0.25) is 0 Å². The van der Waals surface area contributed by atoms with Crippen LogP contribution in [0.1, 0.15) is 32.1 Å². The van der Waals surface area contributed by atoms with Gasteiger partial charge in [0.1, 0.15) is 0 Å². The minimum absolute atomic E-state index is 0.117. The number of rotatable bonds is 4.